The molecule has 0 bridgehead atoms. The average Bonchev–Trinajstić information content (AvgIpc) is 2.91. The molecule has 2 heterocycles. The number of amides is 1. The normalized spacial score (nSPS) is 13.8. The van der Waals surface area contributed by atoms with Crippen LogP contribution in [-0.4, -0.2) is 62.0 Å². The molecule has 4 rings (SSSR count). The number of nitrogens with one attached hydrogen (secondary N) is 3. The summed E-state index contributed by atoms with van der Waals surface area (Å²) in [5.41, 5.74) is 2.74. The minimum Gasteiger partial charge on any atom is -0.378 e. The van der Waals surface area contributed by atoms with Crippen LogP contribution in [0.1, 0.15) is 35.7 Å². The van der Waals surface area contributed by atoms with Crippen molar-refractivity contribution < 1.29 is 17.9 Å². The number of ether oxygens (including phenoxy) is 1. The van der Waals surface area contributed by atoms with Crippen molar-refractivity contribution in [2.75, 3.05) is 43.5 Å². The number of nitrogens with zero attached hydrogens (tertiary/aromatic N) is 3. The van der Waals surface area contributed by atoms with Gasteiger partial charge in [0.15, 0.2) is 0 Å². The number of hydrogen-bond donors (Lipinski definition) is 3. The molecule has 1 aliphatic heterocycles. The first-order valence-corrected chi connectivity index (χ1v) is 13.8. The van der Waals surface area contributed by atoms with Gasteiger partial charge < -0.3 is 20.3 Å². The molecule has 3 N–H and O–H groups in total. The van der Waals surface area contributed by atoms with E-state index in [-0.39, 0.29) is 10.8 Å². The zero-order valence-corrected chi connectivity index (χ0v) is 21.8. The van der Waals surface area contributed by atoms with Gasteiger partial charge in [-0.1, -0.05) is 19.4 Å². The Morgan fingerprint density at radius 2 is 1.81 bits per heavy atom. The van der Waals surface area contributed by atoms with Crippen LogP contribution in [-0.2, 0) is 14.8 Å². The van der Waals surface area contributed by atoms with Gasteiger partial charge in [0, 0.05) is 48.3 Å². The molecule has 1 fully saturated rings. The number of carbonyl (C=O) groups is 1. The molecule has 1 amide bonds. The molecule has 1 aromatic heterocycles. The van der Waals surface area contributed by atoms with E-state index in [1.807, 2.05) is 26.0 Å². The van der Waals surface area contributed by atoms with E-state index < -0.39 is 10.0 Å². The Morgan fingerprint density at radius 1 is 1.05 bits per heavy atom. The molecule has 3 aromatic rings. The van der Waals surface area contributed by atoms with Gasteiger partial charge in [0.1, 0.15) is 5.82 Å². The van der Waals surface area contributed by atoms with Crippen LogP contribution in [0.3, 0.4) is 0 Å². The summed E-state index contributed by atoms with van der Waals surface area (Å²) in [7, 11) is -3.59. The lowest BCUT2D eigenvalue weighted by Gasteiger charge is -2.26. The fourth-order valence-corrected chi connectivity index (χ4v) is 4.87. The molecule has 0 atom stereocenters. The predicted octanol–water partition coefficient (Wildman–Crippen LogP) is 3.82. The largest absolute Gasteiger partial charge is 0.378 e. The van der Waals surface area contributed by atoms with Crippen LogP contribution in [0.2, 0.25) is 0 Å². The zero-order valence-electron chi connectivity index (χ0n) is 21.0. The van der Waals surface area contributed by atoms with Crippen molar-refractivity contribution in [2.24, 2.45) is 0 Å². The molecule has 10 nitrogen and oxygen atoms in total. The highest BCUT2D eigenvalue weighted by atomic mass is 32.2. The Bertz CT molecular complexity index is 1330. The summed E-state index contributed by atoms with van der Waals surface area (Å²) in [4.78, 5) is 23.5. The second kappa shape index (κ2) is 12.1. The van der Waals surface area contributed by atoms with E-state index in [0.29, 0.717) is 55.9 Å². The predicted molar refractivity (Wildman–Crippen MR) is 143 cm³/mol. The van der Waals surface area contributed by atoms with Crippen molar-refractivity contribution >= 4 is 39.1 Å². The third kappa shape index (κ3) is 7.03. The molecular weight excluding hydrogens is 492 g/mol. The third-order valence-corrected chi connectivity index (χ3v) is 7.35. The number of aryl methyl sites for hydroxylation is 1. The maximum Gasteiger partial charge on any atom is 0.254 e. The summed E-state index contributed by atoms with van der Waals surface area (Å²) < 4.78 is 33.1. The van der Waals surface area contributed by atoms with Crippen molar-refractivity contribution in [1.82, 2.24) is 19.6 Å². The van der Waals surface area contributed by atoms with Crippen LogP contribution < -0.4 is 15.4 Å². The van der Waals surface area contributed by atoms with Crippen molar-refractivity contribution in [3.8, 4) is 0 Å². The van der Waals surface area contributed by atoms with E-state index in [1.165, 1.54) is 0 Å². The monoisotopic (exact) mass is 524 g/mol. The maximum atomic E-state index is 12.7. The van der Waals surface area contributed by atoms with E-state index in [1.54, 1.807) is 47.5 Å². The molecular formula is C26H32N6O4S. The molecule has 37 heavy (non-hydrogen) atoms. The Labute approximate surface area is 217 Å². The summed E-state index contributed by atoms with van der Waals surface area (Å²) in [5, 5.41) is 6.35. The number of anilines is 4. The molecule has 0 saturated carbocycles. The Hall–Kier alpha value is -3.54. The van der Waals surface area contributed by atoms with Crippen molar-refractivity contribution in [1.29, 1.82) is 0 Å². The van der Waals surface area contributed by atoms with Gasteiger partial charge in [-0.3, -0.25) is 4.79 Å². The van der Waals surface area contributed by atoms with Gasteiger partial charge in [0.2, 0.25) is 16.0 Å². The number of rotatable bonds is 10. The van der Waals surface area contributed by atoms with E-state index in [9.17, 15) is 13.2 Å². The Kier molecular flexibility index (Phi) is 8.70. The fraction of sp³-hybridized carbons (Fsp3) is 0.346. The number of hydrogen-bond acceptors (Lipinski definition) is 8. The smallest absolute Gasteiger partial charge is 0.254 e. The number of sulfonamides is 1. The average molecular weight is 525 g/mol. The summed E-state index contributed by atoms with van der Waals surface area (Å²) in [6.07, 6.45) is 3.37. The molecule has 196 valence electrons. The van der Waals surface area contributed by atoms with Crippen LogP contribution in [0.4, 0.5) is 23.1 Å². The van der Waals surface area contributed by atoms with E-state index >= 15 is 0 Å². The van der Waals surface area contributed by atoms with E-state index in [4.69, 9.17) is 4.74 Å². The molecule has 2 aromatic carbocycles. The first kappa shape index (κ1) is 26.5. The second-order valence-corrected chi connectivity index (χ2v) is 10.5. The second-order valence-electron chi connectivity index (χ2n) is 8.74. The fourth-order valence-electron chi connectivity index (χ4n) is 3.75. The molecule has 0 radical (unpaired) electrons. The number of aromatic nitrogens is 2. The number of unbranched alkanes of at least 4 members (excludes halogenated alkanes) is 1. The molecule has 1 saturated heterocycles. The lowest BCUT2D eigenvalue weighted by Crippen LogP contribution is -2.40. The molecule has 0 unspecified atom stereocenters. The highest BCUT2D eigenvalue weighted by molar-refractivity contribution is 7.89. The zero-order chi connectivity index (χ0) is 26.3. The highest BCUT2D eigenvalue weighted by Crippen LogP contribution is 2.23. The summed E-state index contributed by atoms with van der Waals surface area (Å²) in [5.74, 6) is 0.896. The number of benzene rings is 2. The SMILES string of the molecule is CCCCNS(=O)(=O)c1cccc(Nc2nc(Nc3ccc(C(=O)N4CCOCC4)cc3)ncc2C)c1. The van der Waals surface area contributed by atoms with Crippen molar-refractivity contribution in [3.05, 3.63) is 65.9 Å². The topological polar surface area (TPSA) is 126 Å². The minimum absolute atomic E-state index is 0.0160. The van der Waals surface area contributed by atoms with Gasteiger partial charge >= 0.3 is 0 Å². The lowest BCUT2D eigenvalue weighted by atomic mass is 10.1. The van der Waals surface area contributed by atoms with Crippen LogP contribution in [0.5, 0.6) is 0 Å². The lowest BCUT2D eigenvalue weighted by molar-refractivity contribution is 0.0303. The minimum atomic E-state index is -3.59. The van der Waals surface area contributed by atoms with Gasteiger partial charge in [-0.2, -0.15) is 4.98 Å². The third-order valence-electron chi connectivity index (χ3n) is 5.89. The van der Waals surface area contributed by atoms with Crippen molar-refractivity contribution in [3.63, 3.8) is 0 Å². The number of carbonyl (C=O) groups excluding carboxylic acids is 1. The van der Waals surface area contributed by atoms with Crippen LogP contribution >= 0.6 is 0 Å². The van der Waals surface area contributed by atoms with Gasteiger partial charge in [0.25, 0.3) is 5.91 Å². The van der Waals surface area contributed by atoms with E-state index in [2.05, 4.69) is 25.3 Å². The summed E-state index contributed by atoms with van der Waals surface area (Å²) in [6, 6.07) is 13.8. The van der Waals surface area contributed by atoms with Gasteiger partial charge in [0.05, 0.1) is 18.1 Å². The summed E-state index contributed by atoms with van der Waals surface area (Å²) in [6.45, 7) is 6.58. The van der Waals surface area contributed by atoms with Crippen LogP contribution in [0.15, 0.2) is 59.6 Å². The van der Waals surface area contributed by atoms with Gasteiger partial charge in [-0.25, -0.2) is 18.1 Å². The molecule has 11 heteroatoms. The maximum absolute atomic E-state index is 12.7. The van der Waals surface area contributed by atoms with E-state index in [0.717, 1.165) is 24.1 Å². The number of morpholine rings is 1. The standard InChI is InChI=1S/C26H32N6O4S/c1-3-4-12-28-37(34,35)23-7-5-6-22(17-23)29-24-19(2)18-27-26(31-24)30-21-10-8-20(9-11-21)25(33)32-13-15-36-16-14-32/h5-11,17-18,28H,3-4,12-16H2,1-2H3,(H2,27,29,30,31). The van der Waals surface area contributed by atoms with Gasteiger partial charge in [-0.05, 0) is 55.8 Å². The molecule has 0 aliphatic carbocycles. The Balaban J connectivity index is 1.44. The Morgan fingerprint density at radius 3 is 2.54 bits per heavy atom. The van der Waals surface area contributed by atoms with Gasteiger partial charge in [-0.15, -0.1) is 0 Å². The molecule has 0 spiro atoms. The first-order valence-electron chi connectivity index (χ1n) is 12.3. The quantitative estimate of drug-likeness (QED) is 0.342. The molecule has 1 aliphatic rings. The van der Waals surface area contributed by atoms with Crippen LogP contribution in [0.25, 0.3) is 0 Å². The highest BCUT2D eigenvalue weighted by Gasteiger charge is 2.18. The first-order chi connectivity index (χ1) is 17.9. The summed E-state index contributed by atoms with van der Waals surface area (Å²) >= 11 is 0. The van der Waals surface area contributed by atoms with Crippen molar-refractivity contribution in [2.45, 2.75) is 31.6 Å². The van der Waals surface area contributed by atoms with Crippen LogP contribution in [0, 0.1) is 6.92 Å².